The Labute approximate surface area is 245 Å². The first kappa shape index (κ1) is 29.1. The lowest BCUT2D eigenvalue weighted by Gasteiger charge is -2.45. The molecule has 0 spiro atoms. The number of hydrogen-bond donors (Lipinski definition) is 1. The summed E-state index contributed by atoms with van der Waals surface area (Å²) >= 11 is 0. The Kier molecular flexibility index (Phi) is 7.96. The van der Waals surface area contributed by atoms with Gasteiger partial charge in [-0.05, 0) is 52.0 Å². The van der Waals surface area contributed by atoms with Crippen LogP contribution < -0.4 is 9.64 Å². The number of nitrogens with zero attached hydrogens (tertiary/aromatic N) is 5. The first-order valence-corrected chi connectivity index (χ1v) is 14.2. The minimum absolute atomic E-state index is 0.135. The number of carbonyl (C=O) groups is 3. The quantitative estimate of drug-likeness (QED) is 0.382. The van der Waals surface area contributed by atoms with E-state index in [2.05, 4.69) is 4.98 Å². The van der Waals surface area contributed by atoms with E-state index in [1.807, 2.05) is 63.2 Å². The molecule has 42 heavy (non-hydrogen) atoms. The van der Waals surface area contributed by atoms with Gasteiger partial charge in [0.15, 0.2) is 0 Å². The lowest BCUT2D eigenvalue weighted by molar-refractivity contribution is -0.878. The summed E-state index contributed by atoms with van der Waals surface area (Å²) in [7, 11) is 0. The second-order valence-corrected chi connectivity index (χ2v) is 11.9. The van der Waals surface area contributed by atoms with Crippen molar-refractivity contribution in [2.75, 3.05) is 31.1 Å². The summed E-state index contributed by atoms with van der Waals surface area (Å²) < 4.78 is 13.1. The van der Waals surface area contributed by atoms with Crippen LogP contribution in [-0.2, 0) is 17.8 Å². The predicted octanol–water partition coefficient (Wildman–Crippen LogP) is 5.26. The SMILES string of the molecule is Cc1ncc2n1C(=O)N(c1ccc(OCC[C@@H]3C[N+](Cc4ccccc4)(C(=O)O)CCN3C(=O)OC(C)(C)C)cc1)C2. The highest BCUT2D eigenvalue weighted by Crippen LogP contribution is 2.29. The van der Waals surface area contributed by atoms with E-state index in [1.165, 1.54) is 0 Å². The predicted molar refractivity (Wildman–Crippen MR) is 155 cm³/mol. The molecule has 11 heteroatoms. The van der Waals surface area contributed by atoms with Gasteiger partial charge in [0.25, 0.3) is 0 Å². The van der Waals surface area contributed by atoms with Crippen LogP contribution in [0.2, 0.25) is 0 Å². The van der Waals surface area contributed by atoms with Crippen molar-refractivity contribution in [1.29, 1.82) is 0 Å². The molecule has 0 saturated carbocycles. The number of hydrogen-bond acceptors (Lipinski definition) is 6. The standard InChI is InChI=1S/C31H37N5O6/c1-22-32-18-26-19-34(28(37)35(22)26)24-10-12-27(13-11-24)41-17-14-25-21-36(30(39)40,20-23-8-6-5-7-9-23)16-15-33(25)29(38)42-31(2,3)4/h5-13,18,25H,14-17,19-21H2,1-4H3/p+1/t25-,36?/m1/s1. The molecule has 0 radical (unpaired) electrons. The smallest absolute Gasteiger partial charge is 0.494 e. The molecule has 3 aromatic rings. The number of rotatable bonds is 7. The van der Waals surface area contributed by atoms with Crippen molar-refractivity contribution in [2.24, 2.45) is 0 Å². The van der Waals surface area contributed by atoms with Crippen molar-refractivity contribution < 1.29 is 33.4 Å². The maximum Gasteiger partial charge on any atom is 0.513 e. The molecule has 2 aromatic carbocycles. The van der Waals surface area contributed by atoms with Gasteiger partial charge in [0.2, 0.25) is 0 Å². The van der Waals surface area contributed by atoms with Crippen LogP contribution in [0.5, 0.6) is 5.75 Å². The molecule has 1 saturated heterocycles. The van der Waals surface area contributed by atoms with Crippen LogP contribution in [0.25, 0.3) is 0 Å². The van der Waals surface area contributed by atoms with Crippen molar-refractivity contribution in [3.8, 4) is 5.75 Å². The van der Waals surface area contributed by atoms with Gasteiger partial charge in [-0.3, -0.25) is 14.4 Å². The number of fused-ring (bicyclic) bond motifs is 1. The molecular weight excluding hydrogens is 538 g/mol. The first-order chi connectivity index (χ1) is 20.0. The Morgan fingerprint density at radius 2 is 1.81 bits per heavy atom. The lowest BCUT2D eigenvalue weighted by atomic mass is 10.0. The number of aryl methyl sites for hydroxylation is 1. The molecule has 2 aliphatic heterocycles. The zero-order chi connectivity index (χ0) is 30.1. The second-order valence-electron chi connectivity index (χ2n) is 11.9. The lowest BCUT2D eigenvalue weighted by Crippen LogP contribution is -2.66. The number of quaternary nitrogens is 1. The van der Waals surface area contributed by atoms with Crippen LogP contribution in [0.15, 0.2) is 60.8 Å². The zero-order valence-electron chi connectivity index (χ0n) is 24.5. The number of piperazine rings is 1. The maximum atomic E-state index is 13.1. The molecule has 2 aliphatic rings. The molecule has 2 atom stereocenters. The maximum absolute atomic E-state index is 13.1. The third-order valence-electron chi connectivity index (χ3n) is 7.75. The van der Waals surface area contributed by atoms with Crippen LogP contribution in [0, 0.1) is 6.92 Å². The van der Waals surface area contributed by atoms with Gasteiger partial charge in [-0.2, -0.15) is 4.79 Å². The van der Waals surface area contributed by atoms with E-state index in [0.29, 0.717) is 31.1 Å². The number of carboxylic acid groups (broad SMARTS) is 1. The van der Waals surface area contributed by atoms with Crippen LogP contribution in [0.1, 0.15) is 44.3 Å². The van der Waals surface area contributed by atoms with Crippen molar-refractivity contribution in [1.82, 2.24) is 14.5 Å². The number of anilines is 1. The van der Waals surface area contributed by atoms with E-state index in [-0.39, 0.29) is 36.8 Å². The van der Waals surface area contributed by atoms with E-state index < -0.39 is 23.8 Å². The summed E-state index contributed by atoms with van der Waals surface area (Å²) in [5, 5.41) is 10.3. The fourth-order valence-corrected chi connectivity index (χ4v) is 5.65. The minimum Gasteiger partial charge on any atom is -0.494 e. The Hall–Kier alpha value is -4.38. The molecule has 3 heterocycles. The number of ether oxygens (including phenoxy) is 2. The summed E-state index contributed by atoms with van der Waals surface area (Å²) in [6.07, 6.45) is 0.771. The summed E-state index contributed by atoms with van der Waals surface area (Å²) in [5.41, 5.74) is 1.86. The molecule has 0 aliphatic carbocycles. The van der Waals surface area contributed by atoms with Crippen LogP contribution in [0.4, 0.5) is 20.1 Å². The number of carbonyl (C=O) groups excluding carboxylic acids is 2. The Morgan fingerprint density at radius 3 is 2.45 bits per heavy atom. The summed E-state index contributed by atoms with van der Waals surface area (Å²) in [6, 6.07) is 16.3. The van der Waals surface area contributed by atoms with Crippen LogP contribution in [-0.4, -0.2) is 80.1 Å². The highest BCUT2D eigenvalue weighted by atomic mass is 16.6. The largest absolute Gasteiger partial charge is 0.513 e. The fourth-order valence-electron chi connectivity index (χ4n) is 5.65. The normalized spacial score (nSPS) is 20.4. The van der Waals surface area contributed by atoms with E-state index in [1.54, 1.807) is 39.6 Å². The summed E-state index contributed by atoms with van der Waals surface area (Å²) in [6.45, 7) is 9.06. The average Bonchev–Trinajstić information content (AvgIpc) is 3.47. The Bertz CT molecular complexity index is 1450. The molecule has 11 nitrogen and oxygen atoms in total. The first-order valence-electron chi connectivity index (χ1n) is 14.2. The molecule has 5 rings (SSSR count). The number of amides is 3. The Morgan fingerprint density at radius 1 is 1.10 bits per heavy atom. The van der Waals surface area contributed by atoms with Gasteiger partial charge in [-0.25, -0.2) is 19.1 Å². The van der Waals surface area contributed by atoms with Gasteiger partial charge in [0.1, 0.15) is 36.8 Å². The van der Waals surface area contributed by atoms with Gasteiger partial charge in [-0.1, -0.05) is 30.3 Å². The molecule has 222 valence electrons. The van der Waals surface area contributed by atoms with E-state index >= 15 is 0 Å². The van der Waals surface area contributed by atoms with Crippen molar-refractivity contribution in [3.63, 3.8) is 0 Å². The number of aromatic nitrogens is 2. The monoisotopic (exact) mass is 576 g/mol. The van der Waals surface area contributed by atoms with Gasteiger partial charge in [0, 0.05) is 17.7 Å². The molecule has 0 bridgehead atoms. The van der Waals surface area contributed by atoms with Crippen molar-refractivity contribution >= 4 is 23.9 Å². The summed E-state index contributed by atoms with van der Waals surface area (Å²) in [5.74, 6) is 1.28. The molecule has 3 amide bonds. The second kappa shape index (κ2) is 11.5. The van der Waals surface area contributed by atoms with Crippen LogP contribution >= 0.6 is 0 Å². The number of imidazole rings is 1. The highest BCUT2D eigenvalue weighted by Gasteiger charge is 2.47. The van der Waals surface area contributed by atoms with Gasteiger partial charge >= 0.3 is 18.2 Å². The van der Waals surface area contributed by atoms with Crippen molar-refractivity contribution in [3.05, 3.63) is 77.9 Å². The van der Waals surface area contributed by atoms with Crippen molar-refractivity contribution in [2.45, 2.75) is 58.8 Å². The number of benzene rings is 2. The average molecular weight is 577 g/mol. The Balaban J connectivity index is 1.26. The third kappa shape index (κ3) is 6.11. The van der Waals surface area contributed by atoms with Crippen LogP contribution in [0.3, 0.4) is 0 Å². The summed E-state index contributed by atoms with van der Waals surface area (Å²) in [4.78, 5) is 46.1. The van der Waals surface area contributed by atoms with E-state index in [0.717, 1.165) is 16.9 Å². The van der Waals surface area contributed by atoms with E-state index in [4.69, 9.17) is 9.47 Å². The van der Waals surface area contributed by atoms with Gasteiger partial charge in [-0.15, -0.1) is 0 Å². The molecule has 1 unspecified atom stereocenters. The molecule has 1 N–H and O–H groups in total. The van der Waals surface area contributed by atoms with E-state index in [9.17, 15) is 19.5 Å². The topological polar surface area (TPSA) is 114 Å². The highest BCUT2D eigenvalue weighted by molar-refractivity contribution is 5.96. The zero-order valence-corrected chi connectivity index (χ0v) is 24.5. The minimum atomic E-state index is -0.918. The third-order valence-corrected chi connectivity index (χ3v) is 7.75. The fraction of sp³-hybridized carbons (Fsp3) is 0.419. The molecule has 1 aromatic heterocycles. The van der Waals surface area contributed by atoms with Gasteiger partial charge < -0.3 is 14.6 Å². The molecular formula is C31H38N5O6+. The molecule has 1 fully saturated rings. The van der Waals surface area contributed by atoms with Gasteiger partial charge in [0.05, 0.1) is 37.6 Å².